The molecule has 2 amide bonds. The minimum atomic E-state index is -0.686. The minimum Gasteiger partial charge on any atom is -0.383 e. The van der Waals surface area contributed by atoms with Gasteiger partial charge in [0.1, 0.15) is 5.82 Å². The molecule has 160 valence electrons. The lowest BCUT2D eigenvalue weighted by atomic mass is 10.2. The van der Waals surface area contributed by atoms with Gasteiger partial charge in [-0.25, -0.2) is 9.97 Å². The van der Waals surface area contributed by atoms with Crippen molar-refractivity contribution in [3.8, 4) is 0 Å². The summed E-state index contributed by atoms with van der Waals surface area (Å²) in [5.74, 6) is 0.0332. The second-order valence-corrected chi connectivity index (χ2v) is 6.94. The van der Waals surface area contributed by atoms with Crippen molar-refractivity contribution in [3.63, 3.8) is 0 Å². The molecular weight excluding hydrogens is 388 g/mol. The number of anilines is 3. The predicted octanol–water partition coefficient (Wildman–Crippen LogP) is 0.385. The molecule has 1 fully saturated rings. The van der Waals surface area contributed by atoms with Crippen LogP contribution >= 0.6 is 0 Å². The minimum absolute atomic E-state index is 0.0340. The van der Waals surface area contributed by atoms with E-state index in [4.69, 9.17) is 10.5 Å². The lowest BCUT2D eigenvalue weighted by Gasteiger charge is -2.26. The molecule has 0 bridgehead atoms. The zero-order valence-electron chi connectivity index (χ0n) is 17.1. The summed E-state index contributed by atoms with van der Waals surface area (Å²) in [6, 6.07) is 0.0762. The highest BCUT2D eigenvalue weighted by atomic mass is 16.5. The maximum absolute atomic E-state index is 11.8. The van der Waals surface area contributed by atoms with Gasteiger partial charge in [-0.3, -0.25) is 14.3 Å². The molecule has 2 aromatic rings. The van der Waals surface area contributed by atoms with Gasteiger partial charge in [0, 0.05) is 39.5 Å². The van der Waals surface area contributed by atoms with E-state index in [0.29, 0.717) is 37.7 Å². The number of nitrogens with one attached hydrogen (secondary N) is 1. The van der Waals surface area contributed by atoms with Gasteiger partial charge in [-0.2, -0.15) is 5.10 Å². The van der Waals surface area contributed by atoms with Crippen molar-refractivity contribution in [3.05, 3.63) is 36.9 Å². The number of nitrogens with two attached hydrogens (primary N) is 1. The van der Waals surface area contributed by atoms with Gasteiger partial charge in [0.2, 0.25) is 5.91 Å². The molecule has 1 aliphatic heterocycles. The molecule has 0 spiro atoms. The lowest BCUT2D eigenvalue weighted by molar-refractivity contribution is -0.125. The third-order valence-electron chi connectivity index (χ3n) is 4.97. The normalized spacial score (nSPS) is 15.8. The molecule has 2 aromatic heterocycles. The molecule has 11 heteroatoms. The second-order valence-electron chi connectivity index (χ2n) is 6.94. The number of hydrogen-bond acceptors (Lipinski definition) is 8. The average Bonchev–Trinajstić information content (AvgIpc) is 3.40. The van der Waals surface area contributed by atoms with E-state index in [0.717, 1.165) is 6.42 Å². The van der Waals surface area contributed by atoms with Crippen molar-refractivity contribution < 1.29 is 14.3 Å². The second kappa shape index (κ2) is 9.35. The molecule has 30 heavy (non-hydrogen) atoms. The fraction of sp³-hybridized carbons (Fsp3) is 0.421. The molecule has 11 nitrogen and oxygen atoms in total. The van der Waals surface area contributed by atoms with E-state index in [1.165, 1.54) is 12.3 Å². The summed E-state index contributed by atoms with van der Waals surface area (Å²) in [7, 11) is 3.50. The number of primary amides is 1. The Labute approximate surface area is 174 Å². The molecular formula is C19H26N8O3. The summed E-state index contributed by atoms with van der Waals surface area (Å²) in [4.78, 5) is 36.1. The number of carbonyl (C=O) groups is 2. The number of likely N-dealkylation sites (tertiary alicyclic amines) is 1. The molecule has 0 radical (unpaired) electrons. The van der Waals surface area contributed by atoms with Crippen LogP contribution in [0.5, 0.6) is 0 Å². The Hall–Kier alpha value is -3.47. The number of nitrogens with zero attached hydrogens (tertiary/aromatic N) is 6. The predicted molar refractivity (Wildman–Crippen MR) is 112 cm³/mol. The molecule has 1 saturated heterocycles. The Bertz CT molecular complexity index is 928. The average molecular weight is 414 g/mol. The highest BCUT2D eigenvalue weighted by molar-refractivity contribution is 5.96. The van der Waals surface area contributed by atoms with Crippen molar-refractivity contribution in [2.45, 2.75) is 19.0 Å². The van der Waals surface area contributed by atoms with E-state index in [2.05, 4.69) is 27.0 Å². The summed E-state index contributed by atoms with van der Waals surface area (Å²) < 4.78 is 6.76. The van der Waals surface area contributed by atoms with E-state index in [1.54, 1.807) is 29.1 Å². The molecule has 1 aliphatic rings. The summed E-state index contributed by atoms with van der Waals surface area (Å²) in [6.45, 7) is 5.87. The molecule has 1 atom stereocenters. The topological polar surface area (TPSA) is 132 Å². The van der Waals surface area contributed by atoms with Crippen LogP contribution in [0.25, 0.3) is 0 Å². The van der Waals surface area contributed by atoms with Crippen LogP contribution in [-0.2, 0) is 16.1 Å². The van der Waals surface area contributed by atoms with Crippen molar-refractivity contribution >= 4 is 29.1 Å². The highest BCUT2D eigenvalue weighted by Crippen LogP contribution is 2.24. The zero-order valence-corrected chi connectivity index (χ0v) is 17.1. The van der Waals surface area contributed by atoms with Crippen LogP contribution in [0.15, 0.2) is 31.2 Å². The molecule has 3 rings (SSSR count). The third kappa shape index (κ3) is 4.74. The zero-order chi connectivity index (χ0) is 21.7. The number of likely N-dealkylation sites (N-methyl/N-ethyl adjacent to an activating group) is 1. The standard InChI is InChI=1S/C19H26N8O3/c1-4-16(28)26-6-5-14(12-26)25(2)15-10-21-17(18(20)29)19(24-15)23-13-9-22-27(11-13)7-8-30-3/h4,9-11,14H,1,5-8,12H2,2-3H3,(H2,20,29)(H,23,24)/t14-/m1/s1. The molecule has 3 heterocycles. The fourth-order valence-corrected chi connectivity index (χ4v) is 3.26. The first-order valence-electron chi connectivity index (χ1n) is 9.52. The van der Waals surface area contributed by atoms with Crippen LogP contribution in [0.2, 0.25) is 0 Å². The summed E-state index contributed by atoms with van der Waals surface area (Å²) in [6.07, 6.45) is 7.01. The van der Waals surface area contributed by atoms with Gasteiger partial charge in [-0.05, 0) is 12.5 Å². The Kier molecular flexibility index (Phi) is 6.62. The Balaban J connectivity index is 1.79. The monoisotopic (exact) mass is 414 g/mol. The number of hydrogen-bond donors (Lipinski definition) is 2. The lowest BCUT2D eigenvalue weighted by Crippen LogP contribution is -2.36. The van der Waals surface area contributed by atoms with E-state index in [9.17, 15) is 9.59 Å². The van der Waals surface area contributed by atoms with Crippen LogP contribution in [0.4, 0.5) is 17.3 Å². The number of rotatable bonds is 9. The van der Waals surface area contributed by atoms with E-state index in [-0.39, 0.29) is 23.5 Å². The SMILES string of the molecule is C=CC(=O)N1CC[C@@H](N(C)c2cnc(C(N)=O)c(Nc3cnn(CCOC)c3)n2)C1. The summed E-state index contributed by atoms with van der Waals surface area (Å²) >= 11 is 0. The molecule has 0 saturated carbocycles. The van der Waals surface area contributed by atoms with Crippen molar-refractivity contribution in [1.29, 1.82) is 0 Å². The van der Waals surface area contributed by atoms with Crippen molar-refractivity contribution in [2.75, 3.05) is 44.1 Å². The number of methoxy groups -OCH3 is 1. The molecule has 0 unspecified atom stereocenters. The van der Waals surface area contributed by atoms with E-state index < -0.39 is 5.91 Å². The van der Waals surface area contributed by atoms with Crippen LogP contribution in [0.1, 0.15) is 16.9 Å². The van der Waals surface area contributed by atoms with E-state index >= 15 is 0 Å². The van der Waals surface area contributed by atoms with Gasteiger partial charge in [0.15, 0.2) is 11.5 Å². The molecule has 0 aliphatic carbocycles. The number of carbonyl (C=O) groups excluding carboxylic acids is 2. The van der Waals surface area contributed by atoms with Crippen molar-refractivity contribution in [1.82, 2.24) is 24.6 Å². The Morgan fingerprint density at radius 2 is 2.27 bits per heavy atom. The van der Waals surface area contributed by atoms with Gasteiger partial charge < -0.3 is 25.6 Å². The number of amides is 2. The molecule has 3 N–H and O–H groups in total. The van der Waals surface area contributed by atoms with Crippen LogP contribution in [0, 0.1) is 0 Å². The maximum atomic E-state index is 11.8. The number of aromatic nitrogens is 4. The van der Waals surface area contributed by atoms with Gasteiger partial charge in [0.25, 0.3) is 5.91 Å². The van der Waals surface area contributed by atoms with Crippen LogP contribution in [0.3, 0.4) is 0 Å². The van der Waals surface area contributed by atoms with Crippen LogP contribution < -0.4 is 16.0 Å². The van der Waals surface area contributed by atoms with Crippen molar-refractivity contribution in [2.24, 2.45) is 5.73 Å². The number of ether oxygens (including phenoxy) is 1. The fourth-order valence-electron chi connectivity index (χ4n) is 3.26. The van der Waals surface area contributed by atoms with E-state index in [1.807, 2.05) is 11.9 Å². The quantitative estimate of drug-likeness (QED) is 0.563. The summed E-state index contributed by atoms with van der Waals surface area (Å²) in [5, 5.41) is 7.30. The molecule has 0 aromatic carbocycles. The highest BCUT2D eigenvalue weighted by Gasteiger charge is 2.29. The van der Waals surface area contributed by atoms with Gasteiger partial charge in [-0.1, -0.05) is 6.58 Å². The van der Waals surface area contributed by atoms with Crippen LogP contribution in [-0.4, -0.2) is 76.4 Å². The summed E-state index contributed by atoms with van der Waals surface area (Å²) in [5.41, 5.74) is 6.15. The first-order chi connectivity index (χ1) is 14.4. The van der Waals surface area contributed by atoms with Gasteiger partial charge in [-0.15, -0.1) is 0 Å². The third-order valence-corrected chi connectivity index (χ3v) is 4.97. The Morgan fingerprint density at radius 3 is 2.97 bits per heavy atom. The first-order valence-corrected chi connectivity index (χ1v) is 9.52. The van der Waals surface area contributed by atoms with Gasteiger partial charge in [0.05, 0.1) is 31.2 Å². The largest absolute Gasteiger partial charge is 0.383 e. The van der Waals surface area contributed by atoms with Gasteiger partial charge >= 0.3 is 0 Å². The smallest absolute Gasteiger partial charge is 0.271 e. The first kappa shape index (κ1) is 21.2. The maximum Gasteiger partial charge on any atom is 0.271 e. The Morgan fingerprint density at radius 1 is 1.47 bits per heavy atom.